The van der Waals surface area contributed by atoms with E-state index < -0.39 is 0 Å². The molecule has 4 heteroatoms. The fourth-order valence-corrected chi connectivity index (χ4v) is 11.0. The highest BCUT2D eigenvalue weighted by atomic mass is 15.2. The molecule has 4 nitrogen and oxygen atoms in total. The number of hydrogen-bond donors (Lipinski definition) is 0. The highest BCUT2D eigenvalue weighted by molar-refractivity contribution is 6.21. The molecule has 4 aliphatic rings. The minimum Gasteiger partial charge on any atom is -0.333 e. The van der Waals surface area contributed by atoms with Crippen molar-refractivity contribution in [1.82, 2.24) is 19.1 Å². The van der Waals surface area contributed by atoms with Gasteiger partial charge in [0.15, 0.2) is 0 Å². The molecule has 4 aliphatic carbocycles. The first kappa shape index (κ1) is 35.5. The maximum atomic E-state index is 5.52. The molecule has 0 N–H and O–H groups in total. The third kappa shape index (κ3) is 5.52. The number of aromatic nitrogens is 4. The van der Waals surface area contributed by atoms with Gasteiger partial charge in [0, 0.05) is 38.3 Å². The van der Waals surface area contributed by atoms with Crippen LogP contribution in [0.3, 0.4) is 0 Å². The first-order valence-electron chi connectivity index (χ1n) is 22.3. The number of nitrogens with zero attached hydrogens (tertiary/aromatic N) is 4. The van der Waals surface area contributed by atoms with Crippen molar-refractivity contribution in [2.24, 2.45) is 0 Å². The second-order valence-corrected chi connectivity index (χ2v) is 17.3. The van der Waals surface area contributed by atoms with Crippen molar-refractivity contribution in [2.75, 3.05) is 0 Å². The Balaban J connectivity index is 0.955. The third-order valence-corrected chi connectivity index (χ3v) is 13.9. The molecule has 0 amide bonds. The van der Waals surface area contributed by atoms with Crippen LogP contribution in [0.2, 0.25) is 0 Å². The van der Waals surface area contributed by atoms with Gasteiger partial charge in [0.05, 0.1) is 28.3 Å². The zero-order valence-electron chi connectivity index (χ0n) is 34.6. The highest BCUT2D eigenvalue weighted by Gasteiger charge is 2.25. The van der Waals surface area contributed by atoms with Crippen LogP contribution in [0.4, 0.5) is 0 Å². The van der Waals surface area contributed by atoms with Gasteiger partial charge in [-0.25, -0.2) is 9.97 Å². The predicted molar refractivity (Wildman–Crippen MR) is 260 cm³/mol. The Hall–Kier alpha value is -7.30. The van der Waals surface area contributed by atoms with Crippen LogP contribution in [-0.4, -0.2) is 19.1 Å². The summed E-state index contributed by atoms with van der Waals surface area (Å²) < 4.78 is 4.91. The van der Waals surface area contributed by atoms with E-state index in [2.05, 4.69) is 185 Å². The van der Waals surface area contributed by atoms with Crippen molar-refractivity contribution < 1.29 is 0 Å². The molecule has 296 valence electrons. The van der Waals surface area contributed by atoms with Crippen molar-refractivity contribution in [1.29, 1.82) is 0 Å². The second kappa shape index (κ2) is 14.1. The number of rotatable bonds is 5. The average molecular weight is 797 g/mol. The monoisotopic (exact) mass is 796 g/mol. The van der Waals surface area contributed by atoms with Gasteiger partial charge >= 0.3 is 0 Å². The van der Waals surface area contributed by atoms with E-state index >= 15 is 0 Å². The van der Waals surface area contributed by atoms with Crippen LogP contribution in [0.1, 0.15) is 61.5 Å². The van der Waals surface area contributed by atoms with E-state index in [1.165, 1.54) is 87.5 Å². The van der Waals surface area contributed by atoms with Crippen LogP contribution in [0.25, 0.3) is 94.8 Å². The van der Waals surface area contributed by atoms with Gasteiger partial charge in [0.2, 0.25) is 5.95 Å². The molecule has 9 aromatic rings. The zero-order valence-corrected chi connectivity index (χ0v) is 34.6. The lowest BCUT2D eigenvalue weighted by Crippen LogP contribution is -2.29. The number of allylic oxidation sites excluding steroid dienone is 9. The molecule has 1 atom stereocenters. The van der Waals surface area contributed by atoms with E-state index in [9.17, 15) is 0 Å². The van der Waals surface area contributed by atoms with Crippen LogP contribution in [0.15, 0.2) is 169 Å². The summed E-state index contributed by atoms with van der Waals surface area (Å²) >= 11 is 0. The summed E-state index contributed by atoms with van der Waals surface area (Å²) in [7, 11) is 0. The van der Waals surface area contributed by atoms with Crippen LogP contribution in [0.5, 0.6) is 0 Å². The van der Waals surface area contributed by atoms with Crippen molar-refractivity contribution >= 4 is 77.7 Å². The third-order valence-electron chi connectivity index (χ3n) is 13.9. The highest BCUT2D eigenvalue weighted by Crippen LogP contribution is 2.42. The molecule has 0 saturated heterocycles. The Labute approximate surface area is 360 Å². The summed E-state index contributed by atoms with van der Waals surface area (Å²) in [6.45, 7) is 0. The molecule has 13 rings (SSSR count). The predicted octanol–water partition coefficient (Wildman–Crippen LogP) is 13.0. The lowest BCUT2D eigenvalue weighted by Gasteiger charge is -2.20. The Kier molecular flexibility index (Phi) is 8.09. The van der Waals surface area contributed by atoms with Gasteiger partial charge < -0.3 is 4.57 Å². The number of benzene rings is 6. The molecule has 0 aliphatic heterocycles. The van der Waals surface area contributed by atoms with Gasteiger partial charge in [0.1, 0.15) is 0 Å². The lowest BCUT2D eigenvalue weighted by atomic mass is 9.86. The summed E-state index contributed by atoms with van der Waals surface area (Å²) in [5.41, 5.74) is 15.0. The van der Waals surface area contributed by atoms with Gasteiger partial charge in [0.25, 0.3) is 0 Å². The number of hydrogen-bond acceptors (Lipinski definition) is 2. The molecule has 6 aromatic carbocycles. The summed E-state index contributed by atoms with van der Waals surface area (Å²) in [5.74, 6) is 0.752. The first-order valence-corrected chi connectivity index (χ1v) is 22.3. The second-order valence-electron chi connectivity index (χ2n) is 17.3. The van der Waals surface area contributed by atoms with Crippen molar-refractivity contribution in [3.63, 3.8) is 0 Å². The molecule has 0 radical (unpaired) electrons. The summed E-state index contributed by atoms with van der Waals surface area (Å²) in [6.07, 6.45) is 27.8. The van der Waals surface area contributed by atoms with Crippen LogP contribution in [-0.2, 0) is 6.42 Å². The minimum atomic E-state index is 0.278. The molecule has 3 aromatic heterocycles. The number of fused-ring (bicyclic) bond motifs is 10. The van der Waals surface area contributed by atoms with Gasteiger partial charge in [-0.15, -0.1) is 0 Å². The molecule has 3 heterocycles. The lowest BCUT2D eigenvalue weighted by molar-refractivity contribution is 0.648. The van der Waals surface area contributed by atoms with E-state index in [1.54, 1.807) is 0 Å². The summed E-state index contributed by atoms with van der Waals surface area (Å²) in [4.78, 5) is 10.8. The van der Waals surface area contributed by atoms with E-state index in [0.717, 1.165) is 73.0 Å². The molecular formula is C58H44N4. The van der Waals surface area contributed by atoms with E-state index in [4.69, 9.17) is 9.97 Å². The maximum absolute atomic E-state index is 5.52. The molecule has 0 bridgehead atoms. The fourth-order valence-electron chi connectivity index (χ4n) is 11.0. The van der Waals surface area contributed by atoms with E-state index in [0.29, 0.717) is 0 Å². The zero-order chi connectivity index (χ0) is 40.7. The standard InChI is InChI=1S/C58H44N4/c1-2-16-43(17-3-1)61-54-33-31-42(36-50(54)56-46-19-7-5-14-38(46)29-34-55(56)61)41-30-32-53-49(35-41)47-20-9-11-24-52(47)62(53)58-59-51-23-10-8-21-48(51)57(60-58)40-27-25-39(26-28-40)45-22-12-15-37-13-4-6-18-44(37)45/h1-10,13-16,18-21,23,25,27,29-36,43H,11-12,17,22,24,26,28H2. The quantitative estimate of drug-likeness (QED) is 0.174. The Morgan fingerprint density at radius 3 is 2.26 bits per heavy atom. The Morgan fingerprint density at radius 1 is 0.581 bits per heavy atom. The summed E-state index contributed by atoms with van der Waals surface area (Å²) in [6, 6.07) is 45.3. The molecule has 0 spiro atoms. The van der Waals surface area contributed by atoms with Crippen molar-refractivity contribution in [2.45, 2.75) is 51.0 Å². The van der Waals surface area contributed by atoms with E-state index in [-0.39, 0.29) is 6.04 Å². The van der Waals surface area contributed by atoms with Gasteiger partial charge in [-0.2, -0.15) is 0 Å². The average Bonchev–Trinajstić information content (AvgIpc) is 3.86. The van der Waals surface area contributed by atoms with Crippen molar-refractivity contribution in [3.8, 4) is 17.1 Å². The largest absolute Gasteiger partial charge is 0.333 e. The maximum Gasteiger partial charge on any atom is 0.235 e. The van der Waals surface area contributed by atoms with Gasteiger partial charge in [-0.3, -0.25) is 4.57 Å². The molecule has 0 fully saturated rings. The molecule has 62 heavy (non-hydrogen) atoms. The van der Waals surface area contributed by atoms with Crippen LogP contribution >= 0.6 is 0 Å². The smallest absolute Gasteiger partial charge is 0.235 e. The minimum absolute atomic E-state index is 0.278. The Morgan fingerprint density at radius 2 is 1.37 bits per heavy atom. The van der Waals surface area contributed by atoms with Gasteiger partial charge in [-0.1, -0.05) is 140 Å². The molecular weight excluding hydrogens is 753 g/mol. The van der Waals surface area contributed by atoms with E-state index in [1.807, 2.05) is 0 Å². The molecule has 1 unspecified atom stereocenters. The molecule has 0 saturated carbocycles. The van der Waals surface area contributed by atoms with Gasteiger partial charge in [-0.05, 0) is 130 Å². The number of para-hydroxylation sites is 1. The van der Waals surface area contributed by atoms with Crippen LogP contribution in [0, 0.1) is 0 Å². The first-order chi connectivity index (χ1) is 30.7. The van der Waals surface area contributed by atoms with Crippen molar-refractivity contribution in [3.05, 3.63) is 197 Å². The SMILES string of the molecule is C1=CCC(n2c3ccc(-c4ccc5c(c4)c4c(n5-c5nc(C6=CC=C(C7=c8ccccc8=CCC7)CC6)c6ccccc6n5)CCC=C4)cc3c3c4ccccc4ccc32)C=C1. The summed E-state index contributed by atoms with van der Waals surface area (Å²) in [5, 5.41) is 10.3. The fraction of sp³-hybridized carbons (Fsp3) is 0.138. The normalized spacial score (nSPS) is 17.2. The topological polar surface area (TPSA) is 35.6 Å². The Bertz CT molecular complexity index is 3670. The van der Waals surface area contributed by atoms with Crippen LogP contribution < -0.4 is 10.4 Å².